The normalized spacial score (nSPS) is 20.1. The Hall–Kier alpha value is -1.74. The molecule has 0 radical (unpaired) electrons. The van der Waals surface area contributed by atoms with Gasteiger partial charge in [-0.05, 0) is 37.7 Å². The van der Waals surface area contributed by atoms with Gasteiger partial charge in [-0.2, -0.15) is 0 Å². The Morgan fingerprint density at radius 3 is 2.71 bits per heavy atom. The molecule has 0 spiro atoms. The van der Waals surface area contributed by atoms with Gasteiger partial charge in [0.1, 0.15) is 0 Å². The Morgan fingerprint density at radius 2 is 2.00 bits per heavy atom. The van der Waals surface area contributed by atoms with Crippen LogP contribution in [0.1, 0.15) is 48.7 Å². The lowest BCUT2D eigenvalue weighted by Crippen LogP contribution is -2.30. The fourth-order valence-electron chi connectivity index (χ4n) is 3.30. The molecule has 1 aromatic carbocycles. The Bertz CT molecular complexity index is 689. The minimum atomic E-state index is 0.0527. The zero-order chi connectivity index (χ0) is 15.2. The number of hydrogen-bond donors (Lipinski definition) is 1. The van der Waals surface area contributed by atoms with Gasteiger partial charge in [0.05, 0.1) is 0 Å². The smallest absolute Gasteiger partial charge is 0.159 e. The third-order valence-electron chi connectivity index (χ3n) is 4.34. The number of aryl methyl sites for hydroxylation is 2. The molecule has 3 rings (SSSR count). The Kier molecular flexibility index (Phi) is 3.33. The molecule has 1 heterocycles. The van der Waals surface area contributed by atoms with Crippen molar-refractivity contribution in [2.75, 3.05) is 0 Å². The molecule has 1 aromatic heterocycles. The molecule has 2 aromatic rings. The SMILES string of the molecule is Cc1ccc(-c2ncc3c(n2)CC(C)(C)CC3N)c(C)c1. The average molecular weight is 281 g/mol. The average Bonchev–Trinajstić information content (AvgIpc) is 2.36. The Morgan fingerprint density at radius 1 is 1.24 bits per heavy atom. The van der Waals surface area contributed by atoms with Crippen molar-refractivity contribution < 1.29 is 0 Å². The van der Waals surface area contributed by atoms with Crippen molar-refractivity contribution in [3.63, 3.8) is 0 Å². The minimum absolute atomic E-state index is 0.0527. The summed E-state index contributed by atoms with van der Waals surface area (Å²) in [4.78, 5) is 9.39. The van der Waals surface area contributed by atoms with Crippen LogP contribution in [0.3, 0.4) is 0 Å². The molecule has 3 heteroatoms. The molecule has 1 aliphatic rings. The number of benzene rings is 1. The summed E-state index contributed by atoms with van der Waals surface area (Å²) in [5.41, 5.74) is 12.3. The van der Waals surface area contributed by atoms with E-state index in [2.05, 4.69) is 50.9 Å². The predicted molar refractivity (Wildman–Crippen MR) is 86.0 cm³/mol. The van der Waals surface area contributed by atoms with Crippen molar-refractivity contribution in [2.24, 2.45) is 11.1 Å². The first-order valence-electron chi connectivity index (χ1n) is 7.55. The first kappa shape index (κ1) is 14.2. The summed E-state index contributed by atoms with van der Waals surface area (Å²) >= 11 is 0. The van der Waals surface area contributed by atoms with Crippen LogP contribution in [0, 0.1) is 19.3 Å². The van der Waals surface area contributed by atoms with E-state index in [4.69, 9.17) is 10.7 Å². The third kappa shape index (κ3) is 2.70. The summed E-state index contributed by atoms with van der Waals surface area (Å²) in [7, 11) is 0. The van der Waals surface area contributed by atoms with Crippen molar-refractivity contribution in [2.45, 2.75) is 46.6 Å². The number of hydrogen-bond acceptors (Lipinski definition) is 3. The summed E-state index contributed by atoms with van der Waals surface area (Å²) in [6, 6.07) is 6.45. The summed E-state index contributed by atoms with van der Waals surface area (Å²) in [6.45, 7) is 8.73. The lowest BCUT2D eigenvalue weighted by molar-refractivity contribution is 0.278. The highest BCUT2D eigenvalue weighted by Crippen LogP contribution is 2.39. The van der Waals surface area contributed by atoms with E-state index in [0.29, 0.717) is 0 Å². The summed E-state index contributed by atoms with van der Waals surface area (Å²) in [5, 5.41) is 0. The van der Waals surface area contributed by atoms with Crippen molar-refractivity contribution in [3.8, 4) is 11.4 Å². The van der Waals surface area contributed by atoms with Crippen molar-refractivity contribution in [1.82, 2.24) is 9.97 Å². The first-order valence-corrected chi connectivity index (χ1v) is 7.55. The number of nitrogens with two attached hydrogens (primary N) is 1. The van der Waals surface area contributed by atoms with E-state index in [1.807, 2.05) is 6.20 Å². The molecular formula is C18H23N3. The second-order valence-corrected chi connectivity index (χ2v) is 7.07. The molecule has 1 aliphatic carbocycles. The highest BCUT2D eigenvalue weighted by atomic mass is 14.9. The quantitative estimate of drug-likeness (QED) is 0.866. The van der Waals surface area contributed by atoms with E-state index in [1.165, 1.54) is 11.1 Å². The fourth-order valence-corrected chi connectivity index (χ4v) is 3.30. The number of nitrogens with zero attached hydrogens (tertiary/aromatic N) is 2. The number of aromatic nitrogens is 2. The van der Waals surface area contributed by atoms with Crippen LogP contribution in [0.5, 0.6) is 0 Å². The molecule has 0 bridgehead atoms. The van der Waals surface area contributed by atoms with Gasteiger partial charge in [-0.1, -0.05) is 37.6 Å². The van der Waals surface area contributed by atoms with Crippen LogP contribution in [0.2, 0.25) is 0 Å². The van der Waals surface area contributed by atoms with Crippen LogP contribution >= 0.6 is 0 Å². The number of rotatable bonds is 1. The monoisotopic (exact) mass is 281 g/mol. The molecule has 0 saturated carbocycles. The lowest BCUT2D eigenvalue weighted by Gasteiger charge is -2.34. The van der Waals surface area contributed by atoms with Gasteiger partial charge >= 0.3 is 0 Å². The van der Waals surface area contributed by atoms with Crippen LogP contribution in [-0.4, -0.2) is 9.97 Å². The van der Waals surface area contributed by atoms with Crippen molar-refractivity contribution in [1.29, 1.82) is 0 Å². The van der Waals surface area contributed by atoms with E-state index < -0.39 is 0 Å². The molecule has 0 fully saturated rings. The maximum atomic E-state index is 6.28. The van der Waals surface area contributed by atoms with Gasteiger partial charge in [-0.3, -0.25) is 0 Å². The summed E-state index contributed by atoms with van der Waals surface area (Å²) in [5.74, 6) is 0.816. The zero-order valence-corrected chi connectivity index (χ0v) is 13.3. The second-order valence-electron chi connectivity index (χ2n) is 7.07. The van der Waals surface area contributed by atoms with E-state index >= 15 is 0 Å². The molecule has 0 aliphatic heterocycles. The molecule has 1 atom stereocenters. The first-order chi connectivity index (χ1) is 9.85. The van der Waals surface area contributed by atoms with Gasteiger partial charge in [0.15, 0.2) is 5.82 Å². The Labute approximate surface area is 126 Å². The van der Waals surface area contributed by atoms with Gasteiger partial charge in [0.2, 0.25) is 0 Å². The van der Waals surface area contributed by atoms with Crippen LogP contribution in [-0.2, 0) is 6.42 Å². The highest BCUT2D eigenvalue weighted by Gasteiger charge is 2.31. The largest absolute Gasteiger partial charge is 0.324 e. The summed E-state index contributed by atoms with van der Waals surface area (Å²) < 4.78 is 0. The van der Waals surface area contributed by atoms with E-state index in [0.717, 1.165) is 35.5 Å². The summed E-state index contributed by atoms with van der Waals surface area (Å²) in [6.07, 6.45) is 3.89. The molecule has 1 unspecified atom stereocenters. The second kappa shape index (κ2) is 4.92. The van der Waals surface area contributed by atoms with E-state index in [-0.39, 0.29) is 11.5 Å². The Balaban J connectivity index is 2.07. The maximum Gasteiger partial charge on any atom is 0.159 e. The van der Waals surface area contributed by atoms with Crippen molar-refractivity contribution >= 4 is 0 Å². The molecular weight excluding hydrogens is 258 g/mol. The third-order valence-corrected chi connectivity index (χ3v) is 4.34. The zero-order valence-electron chi connectivity index (χ0n) is 13.3. The molecule has 3 nitrogen and oxygen atoms in total. The predicted octanol–water partition coefficient (Wildman–Crippen LogP) is 3.73. The molecule has 0 saturated heterocycles. The van der Waals surface area contributed by atoms with E-state index in [9.17, 15) is 0 Å². The van der Waals surface area contributed by atoms with Crippen LogP contribution < -0.4 is 5.73 Å². The van der Waals surface area contributed by atoms with Crippen molar-refractivity contribution in [3.05, 3.63) is 46.8 Å². The van der Waals surface area contributed by atoms with Crippen LogP contribution in [0.25, 0.3) is 11.4 Å². The standard InChI is InChI=1S/C18H23N3/c1-11-5-6-13(12(2)7-11)17-20-10-14-15(19)8-18(3,4)9-16(14)21-17/h5-7,10,15H,8-9,19H2,1-4H3. The van der Waals surface area contributed by atoms with Gasteiger partial charge in [-0.15, -0.1) is 0 Å². The van der Waals surface area contributed by atoms with Gasteiger partial charge in [-0.25, -0.2) is 9.97 Å². The van der Waals surface area contributed by atoms with Gasteiger partial charge < -0.3 is 5.73 Å². The van der Waals surface area contributed by atoms with Crippen LogP contribution in [0.4, 0.5) is 0 Å². The van der Waals surface area contributed by atoms with E-state index in [1.54, 1.807) is 0 Å². The maximum absolute atomic E-state index is 6.28. The number of fused-ring (bicyclic) bond motifs is 1. The topological polar surface area (TPSA) is 51.8 Å². The van der Waals surface area contributed by atoms with Gasteiger partial charge in [0, 0.05) is 29.1 Å². The minimum Gasteiger partial charge on any atom is -0.324 e. The van der Waals surface area contributed by atoms with Gasteiger partial charge in [0.25, 0.3) is 0 Å². The lowest BCUT2D eigenvalue weighted by atomic mass is 9.74. The fraction of sp³-hybridized carbons (Fsp3) is 0.444. The molecule has 0 amide bonds. The highest BCUT2D eigenvalue weighted by molar-refractivity contribution is 5.61. The molecule has 21 heavy (non-hydrogen) atoms. The van der Waals surface area contributed by atoms with Crippen LogP contribution in [0.15, 0.2) is 24.4 Å². The molecule has 110 valence electrons. The molecule has 2 N–H and O–H groups in total.